The molecule has 0 aliphatic carbocycles. The Morgan fingerprint density at radius 3 is 2.65 bits per heavy atom. The van der Waals surface area contributed by atoms with Crippen molar-refractivity contribution >= 4 is 33.6 Å². The van der Waals surface area contributed by atoms with Crippen LogP contribution in [0.5, 0.6) is 0 Å². The predicted octanol–water partition coefficient (Wildman–Crippen LogP) is 5.30. The van der Waals surface area contributed by atoms with E-state index in [0.717, 1.165) is 21.9 Å². The van der Waals surface area contributed by atoms with Crippen LogP contribution in [0.4, 0.5) is 0 Å². The van der Waals surface area contributed by atoms with Gasteiger partial charge in [-0.1, -0.05) is 36.4 Å². The quantitative estimate of drug-likeness (QED) is 0.366. The fourth-order valence-corrected chi connectivity index (χ4v) is 4.76. The number of hydrogen-bond acceptors (Lipinski definition) is 5. The van der Waals surface area contributed by atoms with Gasteiger partial charge in [-0.2, -0.15) is 0 Å². The number of fused-ring (bicyclic) bond motifs is 2. The van der Waals surface area contributed by atoms with Gasteiger partial charge in [0.15, 0.2) is 11.5 Å². The van der Waals surface area contributed by atoms with Crippen LogP contribution in [0, 0.1) is 0 Å². The van der Waals surface area contributed by atoms with E-state index in [2.05, 4.69) is 0 Å². The second-order valence-corrected chi connectivity index (χ2v) is 8.37. The number of carbonyl (C=O) groups is 2. The number of Topliss-reactive ketones (excluding diaryl/α,β-unsaturated/α-hetero) is 1. The number of benzene rings is 2. The Hall–Kier alpha value is -4.52. The maximum atomic E-state index is 13.7. The summed E-state index contributed by atoms with van der Waals surface area (Å²) in [6, 6.07) is 19.3. The van der Waals surface area contributed by atoms with E-state index in [0.29, 0.717) is 11.3 Å². The zero-order chi connectivity index (χ0) is 23.4. The Morgan fingerprint density at radius 1 is 1.06 bits per heavy atom. The summed E-state index contributed by atoms with van der Waals surface area (Å²) in [5.74, 6) is -1.12. The minimum Gasteiger partial charge on any atom is -0.503 e. The molecule has 0 spiro atoms. The molecule has 1 aliphatic heterocycles. The fourth-order valence-electron chi connectivity index (χ4n) is 4.76. The van der Waals surface area contributed by atoms with Crippen LogP contribution < -0.4 is 0 Å². The number of ketones is 1. The van der Waals surface area contributed by atoms with Crippen molar-refractivity contribution in [2.24, 2.45) is 7.05 Å². The number of carbonyl (C=O) groups excluding carboxylic acids is 2. The Morgan fingerprint density at radius 2 is 1.85 bits per heavy atom. The summed E-state index contributed by atoms with van der Waals surface area (Å²) in [7, 11) is 1.91. The highest BCUT2D eigenvalue weighted by Gasteiger charge is 2.45. The highest BCUT2D eigenvalue weighted by Crippen LogP contribution is 2.43. The van der Waals surface area contributed by atoms with Crippen molar-refractivity contribution in [1.29, 1.82) is 0 Å². The number of aryl methyl sites for hydroxylation is 1. The van der Waals surface area contributed by atoms with Crippen molar-refractivity contribution < 1.29 is 23.5 Å². The van der Waals surface area contributed by atoms with Crippen LogP contribution in [-0.2, 0) is 18.4 Å². The van der Waals surface area contributed by atoms with Gasteiger partial charge in [0.25, 0.3) is 5.91 Å². The first-order chi connectivity index (χ1) is 16.5. The van der Waals surface area contributed by atoms with E-state index in [1.807, 2.05) is 60.3 Å². The van der Waals surface area contributed by atoms with E-state index in [-0.39, 0.29) is 17.9 Å². The number of furan rings is 2. The number of rotatable bonds is 5. The van der Waals surface area contributed by atoms with E-state index in [4.69, 9.17) is 8.83 Å². The lowest BCUT2D eigenvalue weighted by Gasteiger charge is -2.25. The molecule has 34 heavy (non-hydrogen) atoms. The Kier molecular flexibility index (Phi) is 4.45. The second kappa shape index (κ2) is 7.52. The zero-order valence-corrected chi connectivity index (χ0v) is 18.3. The molecule has 5 aromatic rings. The van der Waals surface area contributed by atoms with E-state index in [1.54, 1.807) is 24.3 Å². The van der Waals surface area contributed by atoms with Gasteiger partial charge in [0.1, 0.15) is 11.3 Å². The largest absolute Gasteiger partial charge is 0.503 e. The zero-order valence-electron chi connectivity index (χ0n) is 18.3. The molecule has 0 fully saturated rings. The summed E-state index contributed by atoms with van der Waals surface area (Å²) < 4.78 is 13.2. The molecule has 7 nitrogen and oxygen atoms in total. The molecule has 7 heteroatoms. The average Bonchev–Trinajstić information content (AvgIpc) is 3.62. The van der Waals surface area contributed by atoms with E-state index in [9.17, 15) is 14.7 Å². The SMILES string of the molecule is Cn1cc(C2C(C(=O)c3cc4ccccc4o3)=C(O)C(=O)N2Cc2ccco2)c2ccccc21. The molecule has 4 heterocycles. The third-order valence-electron chi connectivity index (χ3n) is 6.33. The Bertz CT molecular complexity index is 1570. The fraction of sp³-hybridized carbons (Fsp3) is 0.111. The Balaban J connectivity index is 1.53. The summed E-state index contributed by atoms with van der Waals surface area (Å²) in [5, 5.41) is 12.6. The number of aliphatic hydroxyl groups excluding tert-OH is 1. The second-order valence-electron chi connectivity index (χ2n) is 8.37. The lowest BCUT2D eigenvalue weighted by Crippen LogP contribution is -2.30. The van der Waals surface area contributed by atoms with Crippen LogP contribution in [0.15, 0.2) is 99.4 Å². The average molecular weight is 452 g/mol. The van der Waals surface area contributed by atoms with Crippen LogP contribution in [0.2, 0.25) is 0 Å². The molecule has 0 bridgehead atoms. The lowest BCUT2D eigenvalue weighted by atomic mass is 9.94. The van der Waals surface area contributed by atoms with E-state index < -0.39 is 23.5 Å². The molecule has 1 atom stereocenters. The van der Waals surface area contributed by atoms with Crippen LogP contribution >= 0.6 is 0 Å². The van der Waals surface area contributed by atoms with Gasteiger partial charge < -0.3 is 23.4 Å². The van der Waals surface area contributed by atoms with Gasteiger partial charge >= 0.3 is 0 Å². The molecule has 0 radical (unpaired) electrons. The molecule has 1 aliphatic rings. The van der Waals surface area contributed by atoms with Crippen LogP contribution in [0.1, 0.15) is 27.9 Å². The van der Waals surface area contributed by atoms with Gasteiger partial charge in [0.2, 0.25) is 5.78 Å². The van der Waals surface area contributed by atoms with Crippen molar-refractivity contribution in [3.63, 3.8) is 0 Å². The molecule has 1 amide bonds. The number of aromatic nitrogens is 1. The number of hydrogen-bond donors (Lipinski definition) is 1. The van der Waals surface area contributed by atoms with Crippen molar-refractivity contribution in [3.8, 4) is 0 Å². The standard InChI is InChI=1S/C27H20N2O5/c1-28-15-19(18-9-3-4-10-20(18)28)24-23(25(30)22-13-16-7-2-5-11-21(16)34-22)26(31)27(32)29(24)14-17-8-6-12-33-17/h2-13,15,24,31H,14H2,1H3. The molecule has 168 valence electrons. The molecular formula is C27H20N2O5. The molecule has 6 rings (SSSR count). The molecule has 3 aromatic heterocycles. The third kappa shape index (κ3) is 2.97. The third-order valence-corrected chi connectivity index (χ3v) is 6.33. The molecule has 1 unspecified atom stereocenters. The topological polar surface area (TPSA) is 88.8 Å². The Labute approximate surface area is 194 Å². The summed E-state index contributed by atoms with van der Waals surface area (Å²) >= 11 is 0. The number of aliphatic hydroxyl groups is 1. The number of amides is 1. The molecule has 2 aromatic carbocycles. The first-order valence-electron chi connectivity index (χ1n) is 10.9. The summed E-state index contributed by atoms with van der Waals surface area (Å²) in [6.45, 7) is 0.0979. The smallest absolute Gasteiger partial charge is 0.290 e. The van der Waals surface area contributed by atoms with Crippen molar-refractivity contribution in [2.45, 2.75) is 12.6 Å². The maximum Gasteiger partial charge on any atom is 0.290 e. The monoisotopic (exact) mass is 452 g/mol. The van der Waals surface area contributed by atoms with Crippen LogP contribution in [-0.4, -0.2) is 26.3 Å². The van der Waals surface area contributed by atoms with Crippen molar-refractivity contribution in [3.05, 3.63) is 108 Å². The van der Waals surface area contributed by atoms with Gasteiger partial charge in [-0.15, -0.1) is 0 Å². The van der Waals surface area contributed by atoms with Crippen LogP contribution in [0.3, 0.4) is 0 Å². The molecule has 1 N–H and O–H groups in total. The minimum atomic E-state index is -0.815. The van der Waals surface area contributed by atoms with Crippen molar-refractivity contribution in [1.82, 2.24) is 9.47 Å². The number of nitrogens with zero attached hydrogens (tertiary/aromatic N) is 2. The van der Waals surface area contributed by atoms with Crippen LogP contribution in [0.25, 0.3) is 21.9 Å². The lowest BCUT2D eigenvalue weighted by molar-refractivity contribution is -0.130. The normalized spacial score (nSPS) is 16.3. The summed E-state index contributed by atoms with van der Waals surface area (Å²) in [6.07, 6.45) is 3.42. The van der Waals surface area contributed by atoms with Crippen molar-refractivity contribution in [2.75, 3.05) is 0 Å². The molecular weight excluding hydrogens is 432 g/mol. The molecule has 0 saturated carbocycles. The highest BCUT2D eigenvalue weighted by atomic mass is 16.3. The van der Waals surface area contributed by atoms with Gasteiger partial charge in [-0.05, 0) is 30.3 Å². The number of para-hydroxylation sites is 2. The highest BCUT2D eigenvalue weighted by molar-refractivity contribution is 6.16. The summed E-state index contributed by atoms with van der Waals surface area (Å²) in [4.78, 5) is 28.5. The minimum absolute atomic E-state index is 0.00744. The first-order valence-corrected chi connectivity index (χ1v) is 10.9. The van der Waals surface area contributed by atoms with E-state index in [1.165, 1.54) is 11.2 Å². The van der Waals surface area contributed by atoms with Gasteiger partial charge in [-0.25, -0.2) is 0 Å². The first kappa shape index (κ1) is 20.1. The van der Waals surface area contributed by atoms with Gasteiger partial charge in [-0.3, -0.25) is 9.59 Å². The van der Waals surface area contributed by atoms with E-state index >= 15 is 0 Å². The maximum absolute atomic E-state index is 13.7. The van der Waals surface area contributed by atoms with Gasteiger partial charge in [0, 0.05) is 35.1 Å². The predicted molar refractivity (Wildman–Crippen MR) is 125 cm³/mol. The summed E-state index contributed by atoms with van der Waals surface area (Å²) in [5.41, 5.74) is 2.24. The molecule has 0 saturated heterocycles. The van der Waals surface area contributed by atoms with Gasteiger partial charge in [0.05, 0.1) is 24.4 Å².